The van der Waals surface area contributed by atoms with E-state index in [1.165, 1.54) is 6.92 Å². The van der Waals surface area contributed by atoms with Gasteiger partial charge in [0.1, 0.15) is 0 Å². The minimum Gasteiger partial charge on any atom is -0.447 e. The smallest absolute Gasteiger partial charge is 0.344 e. The fourth-order valence-corrected chi connectivity index (χ4v) is 0.335. The Kier molecular flexibility index (Phi) is 3.06. The van der Waals surface area contributed by atoms with Crippen LogP contribution in [-0.2, 0) is 9.53 Å². The number of halogens is 1. The van der Waals surface area contributed by atoms with Gasteiger partial charge in [-0.05, 0) is 20.8 Å². The molecule has 3 heteroatoms. The molecule has 62 valence electrons. The van der Waals surface area contributed by atoms with E-state index >= 15 is 0 Å². The van der Waals surface area contributed by atoms with Gasteiger partial charge in [0.2, 0.25) is 5.67 Å². The van der Waals surface area contributed by atoms with Crippen molar-refractivity contribution in [2.75, 3.05) is 0 Å². The highest BCUT2D eigenvalue weighted by atomic mass is 19.1. The van der Waals surface area contributed by atoms with Crippen LogP contribution in [0.2, 0.25) is 0 Å². The van der Waals surface area contributed by atoms with E-state index in [4.69, 9.17) is 6.42 Å². The number of hydrogen-bond acceptors (Lipinski definition) is 2. The molecule has 0 aromatic rings. The van der Waals surface area contributed by atoms with Crippen molar-refractivity contribution in [3.63, 3.8) is 0 Å². The molecule has 11 heavy (non-hydrogen) atoms. The molecule has 0 spiro atoms. The molecule has 1 unspecified atom stereocenters. The molecule has 0 saturated heterocycles. The van der Waals surface area contributed by atoms with Crippen molar-refractivity contribution < 1.29 is 13.9 Å². The summed E-state index contributed by atoms with van der Waals surface area (Å²) in [6.45, 7) is 3.75. The number of esters is 1. The molecule has 0 aliphatic carbocycles. The summed E-state index contributed by atoms with van der Waals surface area (Å²) >= 11 is 0. The largest absolute Gasteiger partial charge is 0.447 e. The highest BCUT2D eigenvalue weighted by Crippen LogP contribution is 2.11. The van der Waals surface area contributed by atoms with Crippen LogP contribution >= 0.6 is 0 Å². The summed E-state index contributed by atoms with van der Waals surface area (Å²) < 4.78 is 17.2. The molecule has 0 N–H and O–H groups in total. The molecule has 0 saturated carbocycles. The van der Waals surface area contributed by atoms with E-state index in [0.717, 1.165) is 13.8 Å². The third kappa shape index (κ3) is 3.61. The summed E-state index contributed by atoms with van der Waals surface area (Å²) in [4.78, 5) is 10.7. The Morgan fingerprint density at radius 2 is 2.18 bits per heavy atom. The van der Waals surface area contributed by atoms with Gasteiger partial charge in [-0.25, -0.2) is 9.18 Å². The third-order valence-corrected chi connectivity index (χ3v) is 1.00. The molecule has 2 nitrogen and oxygen atoms in total. The summed E-state index contributed by atoms with van der Waals surface area (Å²) in [5.41, 5.74) is -1.97. The van der Waals surface area contributed by atoms with Crippen LogP contribution in [0.15, 0.2) is 0 Å². The predicted octanol–water partition coefficient (Wildman–Crippen LogP) is 1.30. The Balaban J connectivity index is 4.01. The molecule has 0 aliphatic rings. The van der Waals surface area contributed by atoms with Gasteiger partial charge < -0.3 is 4.74 Å². The molecule has 1 atom stereocenters. The lowest BCUT2D eigenvalue weighted by molar-refractivity contribution is -0.157. The van der Waals surface area contributed by atoms with Gasteiger partial charge in [-0.2, -0.15) is 0 Å². The van der Waals surface area contributed by atoms with Crippen molar-refractivity contribution >= 4 is 5.97 Å². The molecule has 0 rings (SSSR count). The normalized spacial score (nSPS) is 13.4. The zero-order valence-corrected chi connectivity index (χ0v) is 6.85. The fraction of sp³-hybridized carbons (Fsp3) is 0.625. The van der Waals surface area contributed by atoms with E-state index in [9.17, 15) is 9.18 Å². The molecule has 0 radical (unpaired) electrons. The van der Waals surface area contributed by atoms with Gasteiger partial charge >= 0.3 is 5.97 Å². The minimum absolute atomic E-state index is 0.669. The Bertz CT molecular complexity index is 185. The Morgan fingerprint density at radius 1 is 1.73 bits per heavy atom. The predicted molar refractivity (Wildman–Crippen MR) is 39.6 cm³/mol. The van der Waals surface area contributed by atoms with Gasteiger partial charge in [0.15, 0.2) is 6.10 Å². The number of hydrogen-bond donors (Lipinski definition) is 0. The maximum atomic E-state index is 12.7. The number of rotatable bonds is 2. The lowest BCUT2D eigenvalue weighted by atomic mass is 10.2. The van der Waals surface area contributed by atoms with Crippen LogP contribution in [0, 0.1) is 12.3 Å². The average Bonchev–Trinajstić information content (AvgIpc) is 1.85. The van der Waals surface area contributed by atoms with Crippen molar-refractivity contribution in [3.8, 4) is 12.3 Å². The zero-order valence-electron chi connectivity index (χ0n) is 6.85. The molecule has 0 aliphatic heterocycles. The Hall–Kier alpha value is -1.04. The maximum absolute atomic E-state index is 12.7. The van der Waals surface area contributed by atoms with E-state index in [2.05, 4.69) is 10.7 Å². The lowest BCUT2D eigenvalue weighted by Gasteiger charge is -2.14. The second kappa shape index (κ2) is 3.38. The van der Waals surface area contributed by atoms with Crippen LogP contribution in [0.4, 0.5) is 4.39 Å². The van der Waals surface area contributed by atoms with Crippen LogP contribution in [0.1, 0.15) is 20.8 Å². The summed E-state index contributed by atoms with van der Waals surface area (Å²) in [5.74, 6) is 1.23. The first-order chi connectivity index (χ1) is 4.88. The fourth-order valence-electron chi connectivity index (χ4n) is 0.335. The molecular formula is C8H11FO2. The first-order valence-corrected chi connectivity index (χ1v) is 3.24. The average molecular weight is 158 g/mol. The second-order valence-electron chi connectivity index (χ2n) is 2.69. The first-order valence-electron chi connectivity index (χ1n) is 3.24. The monoisotopic (exact) mass is 158 g/mol. The Labute approximate surface area is 65.7 Å². The van der Waals surface area contributed by atoms with Gasteiger partial charge in [-0.3, -0.25) is 0 Å². The molecule has 0 heterocycles. The number of ether oxygens (including phenoxy) is 1. The first kappa shape index (κ1) is 9.96. The zero-order chi connectivity index (χ0) is 9.07. The quantitative estimate of drug-likeness (QED) is 0.447. The standard InChI is InChI=1S/C8H11FO2/c1-5-6(2)11-7(10)8(3,4)9/h1,6H,2-4H3. The van der Waals surface area contributed by atoms with Crippen LogP contribution < -0.4 is 0 Å². The third-order valence-electron chi connectivity index (χ3n) is 1.00. The summed E-state index contributed by atoms with van der Waals surface area (Å²) in [5, 5.41) is 0. The van der Waals surface area contributed by atoms with Gasteiger partial charge in [-0.15, -0.1) is 6.42 Å². The lowest BCUT2D eigenvalue weighted by Crippen LogP contribution is -2.30. The Morgan fingerprint density at radius 3 is 2.45 bits per heavy atom. The molecule has 0 aromatic heterocycles. The van der Waals surface area contributed by atoms with Crippen LogP contribution in [0.3, 0.4) is 0 Å². The van der Waals surface area contributed by atoms with E-state index in [1.807, 2.05) is 0 Å². The highest BCUT2D eigenvalue weighted by molar-refractivity contribution is 5.78. The van der Waals surface area contributed by atoms with E-state index < -0.39 is 17.7 Å². The van der Waals surface area contributed by atoms with Crippen molar-refractivity contribution in [3.05, 3.63) is 0 Å². The number of carbonyl (C=O) groups is 1. The van der Waals surface area contributed by atoms with E-state index in [-0.39, 0.29) is 0 Å². The highest BCUT2D eigenvalue weighted by Gasteiger charge is 2.29. The maximum Gasteiger partial charge on any atom is 0.344 e. The van der Waals surface area contributed by atoms with Gasteiger partial charge in [0.05, 0.1) is 0 Å². The van der Waals surface area contributed by atoms with Crippen molar-refractivity contribution in [2.24, 2.45) is 0 Å². The number of alkyl halides is 1. The van der Waals surface area contributed by atoms with Gasteiger partial charge in [0, 0.05) is 0 Å². The molecular weight excluding hydrogens is 147 g/mol. The molecule has 0 bridgehead atoms. The molecule has 0 amide bonds. The minimum atomic E-state index is -1.97. The topological polar surface area (TPSA) is 26.3 Å². The van der Waals surface area contributed by atoms with Crippen molar-refractivity contribution in [1.29, 1.82) is 0 Å². The number of carbonyl (C=O) groups excluding carboxylic acids is 1. The van der Waals surface area contributed by atoms with Crippen LogP contribution in [0.5, 0.6) is 0 Å². The second-order valence-corrected chi connectivity index (χ2v) is 2.69. The molecule has 0 aromatic carbocycles. The summed E-state index contributed by atoms with van der Waals surface area (Å²) in [6.07, 6.45) is 4.24. The van der Waals surface area contributed by atoms with Crippen LogP contribution in [0.25, 0.3) is 0 Å². The SMILES string of the molecule is C#CC(C)OC(=O)C(C)(C)F. The van der Waals surface area contributed by atoms with Crippen LogP contribution in [-0.4, -0.2) is 17.7 Å². The van der Waals surface area contributed by atoms with Gasteiger partial charge in [0.25, 0.3) is 0 Å². The van der Waals surface area contributed by atoms with E-state index in [0.29, 0.717) is 0 Å². The molecule has 0 fully saturated rings. The van der Waals surface area contributed by atoms with Crippen molar-refractivity contribution in [2.45, 2.75) is 32.5 Å². The summed E-state index contributed by atoms with van der Waals surface area (Å²) in [6, 6.07) is 0. The van der Waals surface area contributed by atoms with Crippen molar-refractivity contribution in [1.82, 2.24) is 0 Å². The van der Waals surface area contributed by atoms with E-state index in [1.54, 1.807) is 0 Å². The number of terminal acetylenes is 1. The van der Waals surface area contributed by atoms with Gasteiger partial charge in [-0.1, -0.05) is 5.92 Å². The summed E-state index contributed by atoms with van der Waals surface area (Å²) in [7, 11) is 0.